The molecule has 1 aliphatic carbocycles. The van der Waals surface area contributed by atoms with Crippen LogP contribution in [-0.4, -0.2) is 29.4 Å². The highest BCUT2D eigenvalue weighted by Gasteiger charge is 2.32. The monoisotopic (exact) mass is 437 g/mol. The van der Waals surface area contributed by atoms with Gasteiger partial charge in [-0.15, -0.1) is 0 Å². The minimum absolute atomic E-state index is 0.0846. The van der Waals surface area contributed by atoms with Gasteiger partial charge in [0.15, 0.2) is 0 Å². The molecule has 3 rings (SSSR count). The van der Waals surface area contributed by atoms with Gasteiger partial charge in [-0.05, 0) is 46.9 Å². The fourth-order valence-corrected chi connectivity index (χ4v) is 4.35. The lowest BCUT2D eigenvalue weighted by atomic mass is 10.1. The molecule has 0 amide bonds. The van der Waals surface area contributed by atoms with Gasteiger partial charge >= 0.3 is 0 Å². The molecule has 0 atom stereocenters. The average Bonchev–Trinajstić information content (AvgIpc) is 3.35. The molecule has 1 saturated carbocycles. The first-order valence-electron chi connectivity index (χ1n) is 8.85. The molecule has 0 spiro atoms. The van der Waals surface area contributed by atoms with Gasteiger partial charge in [-0.3, -0.25) is 10.1 Å². The molecule has 1 heterocycles. The van der Waals surface area contributed by atoms with E-state index in [-0.39, 0.29) is 10.6 Å². The van der Waals surface area contributed by atoms with E-state index in [1.807, 2.05) is 4.68 Å². The molecule has 0 aliphatic heterocycles. The van der Waals surface area contributed by atoms with E-state index >= 15 is 0 Å². The van der Waals surface area contributed by atoms with Gasteiger partial charge in [0.05, 0.1) is 15.1 Å². The Kier molecular flexibility index (Phi) is 5.64. The maximum absolute atomic E-state index is 10.9. The number of non-ortho nitro benzene ring substituents is 1. The lowest BCUT2D eigenvalue weighted by Gasteiger charge is -2.15. The van der Waals surface area contributed by atoms with Crippen LogP contribution in [0.25, 0.3) is 11.3 Å². The van der Waals surface area contributed by atoms with E-state index in [9.17, 15) is 10.1 Å². The van der Waals surface area contributed by atoms with Crippen molar-refractivity contribution < 1.29 is 9.66 Å². The highest BCUT2D eigenvalue weighted by atomic mass is 79.9. The first-order chi connectivity index (χ1) is 12.3. The summed E-state index contributed by atoms with van der Waals surface area (Å²) in [5.74, 6) is 0.518. The molecule has 26 heavy (non-hydrogen) atoms. The lowest BCUT2D eigenvalue weighted by molar-refractivity contribution is -0.384. The summed E-state index contributed by atoms with van der Waals surface area (Å²) >= 11 is 3.70. The maximum atomic E-state index is 10.9. The third kappa shape index (κ3) is 4.60. The number of nitro benzene ring substituents is 1. The number of rotatable bonds is 8. The predicted molar refractivity (Wildman–Crippen MR) is 108 cm³/mol. The highest BCUT2D eigenvalue weighted by Crippen LogP contribution is 2.46. The summed E-state index contributed by atoms with van der Waals surface area (Å²) in [5, 5.41) is 15.6. The van der Waals surface area contributed by atoms with Crippen molar-refractivity contribution in [3.05, 3.63) is 44.5 Å². The van der Waals surface area contributed by atoms with E-state index in [1.165, 1.54) is 30.7 Å². The molecule has 140 valence electrons. The summed E-state index contributed by atoms with van der Waals surface area (Å²) in [6, 6.07) is 7.66. The van der Waals surface area contributed by atoms with Crippen LogP contribution in [0.1, 0.15) is 24.5 Å². The fourth-order valence-electron chi connectivity index (χ4n) is 2.75. The molecule has 6 nitrogen and oxygen atoms in total. The van der Waals surface area contributed by atoms with Gasteiger partial charge in [-0.25, -0.2) is 4.68 Å². The van der Waals surface area contributed by atoms with E-state index in [2.05, 4.69) is 35.6 Å². The van der Waals surface area contributed by atoms with Crippen LogP contribution in [0.4, 0.5) is 5.69 Å². The smallest absolute Gasteiger partial charge is 0.269 e. The SMILES string of the molecule is C[Si](C)(C)CCOCn1nc(-c2ccc([N+](=O)[O-])cc2)c(Br)c1C1CC1. The van der Waals surface area contributed by atoms with Crippen molar-refractivity contribution in [1.29, 1.82) is 0 Å². The van der Waals surface area contributed by atoms with Crippen molar-refractivity contribution in [1.82, 2.24) is 9.78 Å². The Balaban J connectivity index is 1.80. The fraction of sp³-hybridized carbons (Fsp3) is 0.500. The van der Waals surface area contributed by atoms with E-state index in [0.717, 1.165) is 28.4 Å². The van der Waals surface area contributed by atoms with Crippen LogP contribution < -0.4 is 0 Å². The summed E-state index contributed by atoms with van der Waals surface area (Å²) in [7, 11) is -1.11. The Labute approximate surface area is 162 Å². The second-order valence-corrected chi connectivity index (χ2v) is 14.4. The first-order valence-corrected chi connectivity index (χ1v) is 13.3. The van der Waals surface area contributed by atoms with Crippen molar-refractivity contribution in [2.24, 2.45) is 0 Å². The lowest BCUT2D eigenvalue weighted by Crippen LogP contribution is -2.22. The molecule has 0 bridgehead atoms. The van der Waals surface area contributed by atoms with Crippen molar-refractivity contribution in [3.63, 3.8) is 0 Å². The second kappa shape index (κ2) is 7.62. The number of halogens is 1. The summed E-state index contributed by atoms with van der Waals surface area (Å²) in [5.41, 5.74) is 2.94. The van der Waals surface area contributed by atoms with Gasteiger partial charge in [0.25, 0.3) is 5.69 Å². The topological polar surface area (TPSA) is 70.2 Å². The molecule has 1 aliphatic rings. The van der Waals surface area contributed by atoms with E-state index in [4.69, 9.17) is 9.84 Å². The van der Waals surface area contributed by atoms with E-state index < -0.39 is 8.07 Å². The van der Waals surface area contributed by atoms with Crippen LogP contribution >= 0.6 is 15.9 Å². The number of nitrogens with zero attached hydrogens (tertiary/aromatic N) is 3. The van der Waals surface area contributed by atoms with Gasteiger partial charge in [-0.1, -0.05) is 19.6 Å². The zero-order chi connectivity index (χ0) is 18.9. The summed E-state index contributed by atoms with van der Waals surface area (Å²) in [6.07, 6.45) is 2.33. The van der Waals surface area contributed by atoms with Crippen molar-refractivity contribution in [2.45, 2.75) is 51.2 Å². The molecule has 0 radical (unpaired) electrons. The molecule has 0 unspecified atom stereocenters. The molecule has 2 aromatic rings. The van der Waals surface area contributed by atoms with Crippen molar-refractivity contribution >= 4 is 29.7 Å². The zero-order valence-electron chi connectivity index (χ0n) is 15.4. The third-order valence-electron chi connectivity index (χ3n) is 4.46. The zero-order valence-corrected chi connectivity index (χ0v) is 18.0. The van der Waals surface area contributed by atoms with Crippen LogP contribution in [0.5, 0.6) is 0 Å². The van der Waals surface area contributed by atoms with Gasteiger partial charge < -0.3 is 4.74 Å². The van der Waals surface area contributed by atoms with Crippen molar-refractivity contribution in [2.75, 3.05) is 6.61 Å². The minimum Gasteiger partial charge on any atom is -0.360 e. The quantitative estimate of drug-likeness (QED) is 0.239. The number of ether oxygens (including phenoxy) is 1. The first kappa shape index (κ1) is 19.3. The number of benzene rings is 1. The van der Waals surface area contributed by atoms with Crippen LogP contribution in [0, 0.1) is 10.1 Å². The Morgan fingerprint density at radius 2 is 1.96 bits per heavy atom. The van der Waals surface area contributed by atoms with E-state index in [1.54, 1.807) is 12.1 Å². The molecular formula is C18H24BrN3O3Si. The molecule has 8 heteroatoms. The minimum atomic E-state index is -1.11. The Morgan fingerprint density at radius 3 is 2.50 bits per heavy atom. The highest BCUT2D eigenvalue weighted by molar-refractivity contribution is 9.10. The molecule has 0 saturated heterocycles. The second-order valence-electron chi connectivity index (χ2n) is 7.97. The molecule has 0 N–H and O–H groups in total. The summed E-state index contributed by atoms with van der Waals surface area (Å²) < 4.78 is 8.82. The third-order valence-corrected chi connectivity index (χ3v) is 6.94. The van der Waals surface area contributed by atoms with Gasteiger partial charge in [0.1, 0.15) is 12.4 Å². The molecule has 1 aromatic heterocycles. The van der Waals surface area contributed by atoms with Crippen LogP contribution in [0.3, 0.4) is 0 Å². The molecular weight excluding hydrogens is 414 g/mol. The van der Waals surface area contributed by atoms with Crippen molar-refractivity contribution in [3.8, 4) is 11.3 Å². The standard InChI is InChI=1S/C18H24BrN3O3Si/c1-26(2,3)11-10-25-12-21-18(14-4-5-14)16(19)17(20-21)13-6-8-15(9-7-13)22(23)24/h6-9,14H,4-5,10-12H2,1-3H3. The predicted octanol–water partition coefficient (Wildman–Crippen LogP) is 5.41. The van der Waals surface area contributed by atoms with Crippen LogP contribution in [0.2, 0.25) is 25.7 Å². The summed E-state index contributed by atoms with van der Waals surface area (Å²) in [4.78, 5) is 10.5. The summed E-state index contributed by atoms with van der Waals surface area (Å²) in [6.45, 7) is 8.21. The number of hydrogen-bond acceptors (Lipinski definition) is 4. The largest absolute Gasteiger partial charge is 0.360 e. The van der Waals surface area contributed by atoms with Crippen LogP contribution in [0.15, 0.2) is 28.7 Å². The number of hydrogen-bond donors (Lipinski definition) is 0. The molecule has 1 fully saturated rings. The van der Waals surface area contributed by atoms with Gasteiger partial charge in [0, 0.05) is 38.3 Å². The Hall–Kier alpha value is -1.51. The molecule has 1 aromatic carbocycles. The Morgan fingerprint density at radius 1 is 1.31 bits per heavy atom. The maximum Gasteiger partial charge on any atom is 0.269 e. The van der Waals surface area contributed by atoms with Crippen LogP contribution in [-0.2, 0) is 11.5 Å². The van der Waals surface area contributed by atoms with Gasteiger partial charge in [0.2, 0.25) is 0 Å². The normalized spacial score (nSPS) is 14.6. The number of aromatic nitrogens is 2. The number of nitro groups is 1. The van der Waals surface area contributed by atoms with E-state index in [0.29, 0.717) is 12.6 Å². The Bertz CT molecular complexity index is 795. The average molecular weight is 438 g/mol. The van der Waals surface area contributed by atoms with Gasteiger partial charge in [-0.2, -0.15) is 5.10 Å².